The van der Waals surface area contributed by atoms with E-state index in [0.29, 0.717) is 24.5 Å². The van der Waals surface area contributed by atoms with Crippen molar-refractivity contribution in [2.24, 2.45) is 11.8 Å². The Morgan fingerprint density at radius 2 is 2.04 bits per heavy atom. The number of carboxylic acid groups (broad SMARTS) is 1. The second-order valence-electron chi connectivity index (χ2n) is 6.97. The van der Waals surface area contributed by atoms with Crippen LogP contribution in [0.1, 0.15) is 24.9 Å². The summed E-state index contributed by atoms with van der Waals surface area (Å²) in [7, 11) is 3.87. The summed E-state index contributed by atoms with van der Waals surface area (Å²) >= 11 is 6.29. The average Bonchev–Trinajstić information content (AvgIpc) is 2.55. The van der Waals surface area contributed by atoms with Gasteiger partial charge in [-0.3, -0.25) is 4.79 Å². The van der Waals surface area contributed by atoms with Crippen LogP contribution in [0.15, 0.2) is 24.3 Å². The summed E-state index contributed by atoms with van der Waals surface area (Å²) in [6, 6.07) is 7.29. The van der Waals surface area contributed by atoms with Gasteiger partial charge in [0.25, 0.3) is 0 Å². The number of carboxylic acids is 1. The van der Waals surface area contributed by atoms with Crippen LogP contribution >= 0.6 is 11.6 Å². The van der Waals surface area contributed by atoms with Gasteiger partial charge in [0.15, 0.2) is 0 Å². The van der Waals surface area contributed by atoms with Crippen molar-refractivity contribution >= 4 is 23.6 Å². The third-order valence-electron chi connectivity index (χ3n) is 4.63. The van der Waals surface area contributed by atoms with Crippen LogP contribution in [0.3, 0.4) is 0 Å². The Hall–Kier alpha value is -1.79. The number of nitrogens with zero attached hydrogens (tertiary/aromatic N) is 2. The maximum Gasteiger partial charge on any atom is 0.317 e. The first-order chi connectivity index (χ1) is 11.8. The van der Waals surface area contributed by atoms with Gasteiger partial charge in [-0.15, -0.1) is 0 Å². The predicted octanol–water partition coefficient (Wildman–Crippen LogP) is 2.69. The highest BCUT2D eigenvalue weighted by atomic mass is 35.5. The molecule has 0 spiro atoms. The number of aliphatic carboxylic acids is 1. The number of amides is 2. The summed E-state index contributed by atoms with van der Waals surface area (Å²) in [4.78, 5) is 27.4. The largest absolute Gasteiger partial charge is 0.481 e. The van der Waals surface area contributed by atoms with Crippen molar-refractivity contribution < 1.29 is 14.7 Å². The van der Waals surface area contributed by atoms with E-state index in [-0.39, 0.29) is 24.5 Å². The number of carbonyl (C=O) groups excluding carboxylic acids is 1. The van der Waals surface area contributed by atoms with Gasteiger partial charge in [-0.05, 0) is 38.1 Å². The molecule has 1 aliphatic heterocycles. The van der Waals surface area contributed by atoms with Crippen LogP contribution < -0.4 is 5.32 Å². The number of rotatable bonds is 5. The van der Waals surface area contributed by atoms with E-state index >= 15 is 0 Å². The average molecular weight is 368 g/mol. The maximum atomic E-state index is 12.5. The fraction of sp³-hybridized carbons (Fsp3) is 0.556. The molecular formula is C18H26ClN3O3. The zero-order valence-electron chi connectivity index (χ0n) is 14.9. The van der Waals surface area contributed by atoms with Gasteiger partial charge in [0.2, 0.25) is 0 Å². The number of urea groups is 1. The van der Waals surface area contributed by atoms with E-state index in [2.05, 4.69) is 5.32 Å². The van der Waals surface area contributed by atoms with E-state index < -0.39 is 11.9 Å². The van der Waals surface area contributed by atoms with Crippen LogP contribution in [0.4, 0.5) is 4.79 Å². The molecule has 3 unspecified atom stereocenters. The Morgan fingerprint density at radius 1 is 1.36 bits per heavy atom. The fourth-order valence-electron chi connectivity index (χ4n) is 3.31. The van der Waals surface area contributed by atoms with Gasteiger partial charge < -0.3 is 20.2 Å². The molecule has 0 saturated carbocycles. The monoisotopic (exact) mass is 367 g/mol. The number of hydrogen-bond donors (Lipinski definition) is 2. The SMILES string of the molecule is CC1CC(C(=O)O)CN(C(=O)NCC(c2ccccc2Cl)N(C)C)C1. The van der Waals surface area contributed by atoms with Gasteiger partial charge in [-0.25, -0.2) is 4.79 Å². The van der Waals surface area contributed by atoms with Gasteiger partial charge in [0.1, 0.15) is 0 Å². The van der Waals surface area contributed by atoms with Crippen LogP contribution in [-0.2, 0) is 4.79 Å². The van der Waals surface area contributed by atoms with E-state index in [4.69, 9.17) is 11.6 Å². The summed E-state index contributed by atoms with van der Waals surface area (Å²) < 4.78 is 0. The highest BCUT2D eigenvalue weighted by Crippen LogP contribution is 2.26. The molecule has 0 aliphatic carbocycles. The molecule has 7 heteroatoms. The van der Waals surface area contributed by atoms with Crippen molar-refractivity contribution in [2.75, 3.05) is 33.7 Å². The first-order valence-electron chi connectivity index (χ1n) is 8.46. The molecule has 138 valence electrons. The van der Waals surface area contributed by atoms with Gasteiger partial charge >= 0.3 is 12.0 Å². The lowest BCUT2D eigenvalue weighted by Crippen LogP contribution is -2.50. The minimum atomic E-state index is -0.841. The van der Waals surface area contributed by atoms with Crippen LogP contribution in [0.5, 0.6) is 0 Å². The minimum Gasteiger partial charge on any atom is -0.481 e. The van der Waals surface area contributed by atoms with Crippen molar-refractivity contribution in [3.63, 3.8) is 0 Å². The number of nitrogens with one attached hydrogen (secondary N) is 1. The lowest BCUT2D eigenvalue weighted by atomic mass is 9.91. The Kier molecular flexibility index (Phi) is 6.67. The molecule has 25 heavy (non-hydrogen) atoms. The molecule has 1 aromatic carbocycles. The summed E-state index contributed by atoms with van der Waals surface area (Å²) in [5.74, 6) is -1.16. The number of carbonyl (C=O) groups is 2. The molecule has 1 aliphatic rings. The molecule has 0 radical (unpaired) electrons. The van der Waals surface area contributed by atoms with E-state index in [1.165, 1.54) is 0 Å². The highest BCUT2D eigenvalue weighted by Gasteiger charge is 2.32. The van der Waals surface area contributed by atoms with Gasteiger partial charge in [-0.2, -0.15) is 0 Å². The van der Waals surface area contributed by atoms with Crippen LogP contribution in [0.2, 0.25) is 5.02 Å². The van der Waals surface area contributed by atoms with Crippen molar-refractivity contribution in [3.8, 4) is 0 Å². The lowest BCUT2D eigenvalue weighted by Gasteiger charge is -2.35. The molecule has 2 N–H and O–H groups in total. The fourth-order valence-corrected chi connectivity index (χ4v) is 3.57. The second kappa shape index (κ2) is 8.54. The third-order valence-corrected chi connectivity index (χ3v) is 4.97. The van der Waals surface area contributed by atoms with Gasteiger partial charge in [-0.1, -0.05) is 36.7 Å². The van der Waals surface area contributed by atoms with Crippen molar-refractivity contribution in [2.45, 2.75) is 19.4 Å². The topological polar surface area (TPSA) is 72.9 Å². The maximum absolute atomic E-state index is 12.5. The molecule has 1 saturated heterocycles. The molecule has 0 aromatic heterocycles. The number of likely N-dealkylation sites (N-methyl/N-ethyl adjacent to an activating group) is 1. The van der Waals surface area contributed by atoms with Gasteiger partial charge in [0.05, 0.1) is 12.0 Å². The highest BCUT2D eigenvalue weighted by molar-refractivity contribution is 6.31. The molecule has 2 amide bonds. The first-order valence-corrected chi connectivity index (χ1v) is 8.83. The Labute approximate surface area is 153 Å². The quantitative estimate of drug-likeness (QED) is 0.839. The second-order valence-corrected chi connectivity index (χ2v) is 7.38. The Balaban J connectivity index is 2.01. The molecule has 0 bridgehead atoms. The molecule has 1 heterocycles. The molecule has 6 nitrogen and oxygen atoms in total. The van der Waals surface area contributed by atoms with Crippen molar-refractivity contribution in [1.82, 2.24) is 15.1 Å². The number of halogens is 1. The third kappa shape index (κ3) is 5.09. The molecular weight excluding hydrogens is 342 g/mol. The zero-order chi connectivity index (χ0) is 18.6. The Morgan fingerprint density at radius 3 is 2.64 bits per heavy atom. The summed E-state index contributed by atoms with van der Waals surface area (Å²) in [6.07, 6.45) is 0.610. The predicted molar refractivity (Wildman–Crippen MR) is 97.8 cm³/mol. The molecule has 3 atom stereocenters. The summed E-state index contributed by atoms with van der Waals surface area (Å²) in [5.41, 5.74) is 0.949. The zero-order valence-corrected chi connectivity index (χ0v) is 15.7. The number of piperidine rings is 1. The standard InChI is InChI=1S/C18H26ClN3O3/c1-12-8-13(17(23)24)11-22(10-12)18(25)20-9-16(21(2)3)14-6-4-5-7-15(14)19/h4-7,12-13,16H,8-11H2,1-3H3,(H,20,25)(H,23,24). The molecule has 2 rings (SSSR count). The molecule has 1 aromatic rings. The summed E-state index contributed by atoms with van der Waals surface area (Å²) in [5, 5.41) is 12.8. The lowest BCUT2D eigenvalue weighted by molar-refractivity contribution is -0.143. The normalized spacial score (nSPS) is 21.9. The van der Waals surface area contributed by atoms with E-state index in [9.17, 15) is 14.7 Å². The van der Waals surface area contributed by atoms with E-state index in [1.807, 2.05) is 50.2 Å². The van der Waals surface area contributed by atoms with Crippen LogP contribution in [-0.4, -0.2) is 60.6 Å². The first kappa shape index (κ1) is 19.5. The molecule has 1 fully saturated rings. The van der Waals surface area contributed by atoms with E-state index in [1.54, 1.807) is 4.90 Å². The minimum absolute atomic E-state index is 0.0601. The van der Waals surface area contributed by atoms with Crippen molar-refractivity contribution in [1.29, 1.82) is 0 Å². The summed E-state index contributed by atoms with van der Waals surface area (Å²) in [6.45, 7) is 3.21. The van der Waals surface area contributed by atoms with Gasteiger partial charge in [0, 0.05) is 24.7 Å². The number of hydrogen-bond acceptors (Lipinski definition) is 3. The van der Waals surface area contributed by atoms with Crippen LogP contribution in [0, 0.1) is 11.8 Å². The smallest absolute Gasteiger partial charge is 0.317 e. The number of likely N-dealkylation sites (tertiary alicyclic amines) is 1. The Bertz CT molecular complexity index is 623. The van der Waals surface area contributed by atoms with E-state index in [0.717, 1.165) is 5.56 Å². The number of benzene rings is 1. The van der Waals surface area contributed by atoms with Crippen molar-refractivity contribution in [3.05, 3.63) is 34.9 Å². The van der Waals surface area contributed by atoms with Crippen LogP contribution in [0.25, 0.3) is 0 Å².